The third-order valence-corrected chi connectivity index (χ3v) is 4.52. The fourth-order valence-electron chi connectivity index (χ4n) is 1.57. The SMILES string of the molecule is C=C(/C=C\C(=C/CS(=O)(=O)OCC(C)(C)C)C(C)(C)C)C(C)(C)C. The van der Waals surface area contributed by atoms with Gasteiger partial charge in [0.15, 0.2) is 0 Å². The fourth-order valence-corrected chi connectivity index (χ4v) is 2.58. The monoisotopic (exact) mass is 356 g/mol. The molecule has 0 unspecified atom stereocenters. The highest BCUT2D eigenvalue weighted by atomic mass is 32.2. The molecule has 0 rings (SSSR count). The highest BCUT2D eigenvalue weighted by Crippen LogP contribution is 2.29. The summed E-state index contributed by atoms with van der Waals surface area (Å²) in [5.74, 6) is -0.123. The van der Waals surface area contributed by atoms with Gasteiger partial charge in [-0.15, -0.1) is 0 Å². The molecule has 0 aromatic carbocycles. The molecule has 0 saturated heterocycles. The van der Waals surface area contributed by atoms with Gasteiger partial charge in [-0.25, -0.2) is 0 Å². The van der Waals surface area contributed by atoms with Crippen LogP contribution in [0.1, 0.15) is 62.3 Å². The van der Waals surface area contributed by atoms with Gasteiger partial charge in [0.25, 0.3) is 10.1 Å². The van der Waals surface area contributed by atoms with E-state index in [1.807, 2.05) is 32.9 Å². The number of hydrogen-bond donors (Lipinski definition) is 0. The summed E-state index contributed by atoms with van der Waals surface area (Å²) >= 11 is 0. The van der Waals surface area contributed by atoms with E-state index in [2.05, 4.69) is 48.1 Å². The average Bonchev–Trinajstić information content (AvgIpc) is 2.32. The fraction of sp³-hybridized carbons (Fsp3) is 0.700. The van der Waals surface area contributed by atoms with Crippen molar-refractivity contribution >= 4 is 10.1 Å². The van der Waals surface area contributed by atoms with E-state index in [4.69, 9.17) is 4.18 Å². The van der Waals surface area contributed by atoms with E-state index in [9.17, 15) is 8.42 Å². The van der Waals surface area contributed by atoms with Crippen LogP contribution in [0.5, 0.6) is 0 Å². The van der Waals surface area contributed by atoms with Gasteiger partial charge in [-0.2, -0.15) is 8.42 Å². The molecule has 0 bridgehead atoms. The van der Waals surface area contributed by atoms with Gasteiger partial charge < -0.3 is 0 Å². The van der Waals surface area contributed by atoms with E-state index in [1.54, 1.807) is 6.08 Å². The summed E-state index contributed by atoms with van der Waals surface area (Å²) in [7, 11) is -3.57. The molecule has 0 amide bonds. The molecule has 0 heterocycles. The molecule has 0 spiro atoms. The largest absolute Gasteiger partial charge is 0.270 e. The van der Waals surface area contributed by atoms with Crippen LogP contribution < -0.4 is 0 Å². The standard InChI is InChI=1S/C20H36O3S/c1-16(19(5,6)7)11-12-17(20(8,9)10)13-14-24(21,22)23-15-18(2,3)4/h11-13H,1,14-15H2,2-10H3/b12-11-,17-13+. The summed E-state index contributed by atoms with van der Waals surface area (Å²) < 4.78 is 29.3. The first kappa shape index (κ1) is 23.1. The molecule has 0 aliphatic heterocycles. The minimum absolute atomic E-state index is 0.0125. The summed E-state index contributed by atoms with van der Waals surface area (Å²) in [5.41, 5.74) is 1.60. The van der Waals surface area contributed by atoms with Crippen LogP contribution in [0.15, 0.2) is 36.0 Å². The summed E-state index contributed by atoms with van der Waals surface area (Å²) in [6.45, 7) is 22.6. The smallest absolute Gasteiger partial charge is 0.269 e. The van der Waals surface area contributed by atoms with Gasteiger partial charge in [-0.05, 0) is 27.4 Å². The van der Waals surface area contributed by atoms with Crippen LogP contribution in [0.25, 0.3) is 0 Å². The predicted octanol–water partition coefficient (Wildman–Crippen LogP) is 5.51. The van der Waals surface area contributed by atoms with Crippen molar-refractivity contribution in [2.45, 2.75) is 62.3 Å². The predicted molar refractivity (Wildman–Crippen MR) is 104 cm³/mol. The normalized spacial score (nSPS) is 15.1. The molecule has 3 nitrogen and oxygen atoms in total. The zero-order chi connectivity index (χ0) is 19.4. The van der Waals surface area contributed by atoms with Crippen LogP contribution in [-0.2, 0) is 14.3 Å². The molecule has 0 aromatic rings. The third-order valence-electron chi connectivity index (χ3n) is 3.47. The lowest BCUT2D eigenvalue weighted by Crippen LogP contribution is -2.20. The van der Waals surface area contributed by atoms with Gasteiger partial charge >= 0.3 is 0 Å². The molecule has 0 atom stereocenters. The lowest BCUT2D eigenvalue weighted by atomic mass is 9.83. The summed E-state index contributed by atoms with van der Waals surface area (Å²) in [5, 5.41) is 0. The molecule has 0 aliphatic carbocycles. The maximum Gasteiger partial charge on any atom is 0.270 e. The molecule has 0 aromatic heterocycles. The van der Waals surface area contributed by atoms with Crippen molar-refractivity contribution in [3.05, 3.63) is 36.0 Å². The molecule has 0 fully saturated rings. The van der Waals surface area contributed by atoms with Gasteiger partial charge in [0.1, 0.15) is 0 Å². The summed E-state index contributed by atoms with van der Waals surface area (Å²) in [4.78, 5) is 0. The summed E-state index contributed by atoms with van der Waals surface area (Å²) in [6, 6.07) is 0. The van der Waals surface area contributed by atoms with Crippen molar-refractivity contribution < 1.29 is 12.6 Å². The van der Waals surface area contributed by atoms with E-state index in [0.29, 0.717) is 0 Å². The highest BCUT2D eigenvalue weighted by molar-refractivity contribution is 7.86. The van der Waals surface area contributed by atoms with Crippen LogP contribution in [0.4, 0.5) is 0 Å². The van der Waals surface area contributed by atoms with E-state index in [0.717, 1.165) is 11.1 Å². The Bertz CT molecular complexity index is 586. The Morgan fingerprint density at radius 3 is 1.79 bits per heavy atom. The third kappa shape index (κ3) is 10.1. The molecule has 24 heavy (non-hydrogen) atoms. The van der Waals surface area contributed by atoms with Crippen molar-refractivity contribution in [2.24, 2.45) is 16.2 Å². The molecule has 0 saturated carbocycles. The van der Waals surface area contributed by atoms with Crippen molar-refractivity contribution in [1.29, 1.82) is 0 Å². The van der Waals surface area contributed by atoms with Crippen molar-refractivity contribution in [2.75, 3.05) is 12.4 Å². The van der Waals surface area contributed by atoms with Gasteiger partial charge in [-0.1, -0.05) is 87.1 Å². The second kappa shape index (κ2) is 8.01. The van der Waals surface area contributed by atoms with E-state index in [-0.39, 0.29) is 28.6 Å². The van der Waals surface area contributed by atoms with E-state index >= 15 is 0 Å². The van der Waals surface area contributed by atoms with Crippen LogP contribution in [0.3, 0.4) is 0 Å². The van der Waals surface area contributed by atoms with Crippen molar-refractivity contribution in [3.8, 4) is 0 Å². The Hall–Kier alpha value is -0.870. The lowest BCUT2D eigenvalue weighted by molar-refractivity contribution is 0.204. The zero-order valence-electron chi connectivity index (χ0n) is 17.0. The van der Waals surface area contributed by atoms with Gasteiger partial charge in [0, 0.05) is 0 Å². The van der Waals surface area contributed by atoms with Gasteiger partial charge in [0.2, 0.25) is 0 Å². The number of rotatable bonds is 6. The Morgan fingerprint density at radius 1 is 0.917 bits per heavy atom. The van der Waals surface area contributed by atoms with Crippen LogP contribution in [0.2, 0.25) is 0 Å². The molecule has 0 N–H and O–H groups in total. The maximum absolute atomic E-state index is 12.1. The maximum atomic E-state index is 12.1. The first-order chi connectivity index (χ1) is 10.4. The number of allylic oxidation sites excluding steroid dienone is 4. The quantitative estimate of drug-likeness (QED) is 0.465. The first-order valence-electron chi connectivity index (χ1n) is 8.39. The summed E-state index contributed by atoms with van der Waals surface area (Å²) in [6.07, 6.45) is 5.68. The van der Waals surface area contributed by atoms with Crippen LogP contribution >= 0.6 is 0 Å². The molecular weight excluding hydrogens is 320 g/mol. The second-order valence-corrected chi connectivity index (χ2v) is 11.2. The molecule has 4 heteroatoms. The number of hydrogen-bond acceptors (Lipinski definition) is 3. The topological polar surface area (TPSA) is 43.4 Å². The van der Waals surface area contributed by atoms with E-state index < -0.39 is 10.1 Å². The Labute approximate surface area is 150 Å². The first-order valence-corrected chi connectivity index (χ1v) is 9.97. The minimum Gasteiger partial charge on any atom is -0.269 e. The van der Waals surface area contributed by atoms with Crippen LogP contribution in [-0.4, -0.2) is 20.8 Å². The Kier molecular flexibility index (Phi) is 7.72. The van der Waals surface area contributed by atoms with Crippen LogP contribution in [0, 0.1) is 16.2 Å². The Morgan fingerprint density at radius 2 is 1.42 bits per heavy atom. The average molecular weight is 357 g/mol. The van der Waals surface area contributed by atoms with Crippen molar-refractivity contribution in [1.82, 2.24) is 0 Å². The second-order valence-electron chi connectivity index (χ2n) is 9.57. The highest BCUT2D eigenvalue weighted by Gasteiger charge is 2.20. The molecular formula is C20H36O3S. The molecule has 140 valence electrons. The molecule has 0 radical (unpaired) electrons. The minimum atomic E-state index is -3.57. The Balaban J connectivity index is 5.26. The molecule has 0 aliphatic rings. The van der Waals surface area contributed by atoms with Gasteiger partial charge in [0.05, 0.1) is 12.4 Å². The van der Waals surface area contributed by atoms with E-state index in [1.165, 1.54) is 0 Å². The van der Waals surface area contributed by atoms with Gasteiger partial charge in [-0.3, -0.25) is 4.18 Å². The zero-order valence-corrected chi connectivity index (χ0v) is 17.8. The van der Waals surface area contributed by atoms with Crippen molar-refractivity contribution in [3.63, 3.8) is 0 Å². The lowest BCUT2D eigenvalue weighted by Gasteiger charge is -2.23.